The molecule has 0 bridgehead atoms. The number of nitrogens with one attached hydrogen (secondary N) is 2. The largest absolute Gasteiger partial charge is 0.444 e. The van der Waals surface area contributed by atoms with Crippen molar-refractivity contribution in [1.82, 2.24) is 10.6 Å². The zero-order valence-corrected chi connectivity index (χ0v) is 12.2. The minimum Gasteiger partial charge on any atom is -0.444 e. The SMILES string of the molecule is CCCC1CC(CNC(=O)OC(C)(C)C)CCN1. The lowest BCUT2D eigenvalue weighted by molar-refractivity contribution is 0.0513. The molecular weight excluding hydrogens is 228 g/mol. The standard InChI is InChI=1S/C14H28N2O2/c1-5-6-12-9-11(7-8-15-12)10-16-13(17)18-14(2,3)4/h11-12,15H,5-10H2,1-4H3,(H,16,17). The zero-order chi connectivity index (χ0) is 13.6. The summed E-state index contributed by atoms with van der Waals surface area (Å²) >= 11 is 0. The maximum absolute atomic E-state index is 11.6. The first-order valence-corrected chi connectivity index (χ1v) is 7.11. The fourth-order valence-electron chi connectivity index (χ4n) is 2.39. The predicted octanol–water partition coefficient (Wildman–Crippen LogP) is 2.68. The average molecular weight is 256 g/mol. The van der Waals surface area contributed by atoms with Crippen LogP contribution in [0.25, 0.3) is 0 Å². The summed E-state index contributed by atoms with van der Waals surface area (Å²) < 4.78 is 5.24. The normalized spacial score (nSPS) is 24.7. The number of rotatable bonds is 4. The molecule has 18 heavy (non-hydrogen) atoms. The fourth-order valence-corrected chi connectivity index (χ4v) is 2.39. The van der Waals surface area contributed by atoms with Gasteiger partial charge in [0.25, 0.3) is 0 Å². The monoisotopic (exact) mass is 256 g/mol. The van der Waals surface area contributed by atoms with E-state index in [1.807, 2.05) is 20.8 Å². The molecule has 1 saturated heterocycles. The van der Waals surface area contributed by atoms with Crippen molar-refractivity contribution in [3.8, 4) is 0 Å². The molecule has 0 radical (unpaired) electrons. The van der Waals surface area contributed by atoms with E-state index in [-0.39, 0.29) is 6.09 Å². The van der Waals surface area contributed by atoms with Crippen LogP contribution in [-0.4, -0.2) is 30.8 Å². The van der Waals surface area contributed by atoms with Gasteiger partial charge in [-0.15, -0.1) is 0 Å². The van der Waals surface area contributed by atoms with Gasteiger partial charge in [-0.3, -0.25) is 0 Å². The van der Waals surface area contributed by atoms with Crippen molar-refractivity contribution in [3.63, 3.8) is 0 Å². The van der Waals surface area contributed by atoms with Gasteiger partial charge in [-0.05, 0) is 52.5 Å². The summed E-state index contributed by atoms with van der Waals surface area (Å²) in [5.74, 6) is 0.579. The van der Waals surface area contributed by atoms with Crippen LogP contribution in [0.2, 0.25) is 0 Å². The molecular formula is C14H28N2O2. The summed E-state index contributed by atoms with van der Waals surface area (Å²) in [7, 11) is 0. The molecule has 106 valence electrons. The number of ether oxygens (including phenoxy) is 1. The summed E-state index contributed by atoms with van der Waals surface area (Å²) in [5, 5.41) is 6.41. The highest BCUT2D eigenvalue weighted by Crippen LogP contribution is 2.18. The zero-order valence-electron chi connectivity index (χ0n) is 12.2. The molecule has 0 aliphatic carbocycles. The minimum absolute atomic E-state index is 0.298. The Hall–Kier alpha value is -0.770. The lowest BCUT2D eigenvalue weighted by atomic mass is 9.90. The van der Waals surface area contributed by atoms with Gasteiger partial charge in [-0.2, -0.15) is 0 Å². The van der Waals surface area contributed by atoms with Crippen LogP contribution in [0.1, 0.15) is 53.4 Å². The van der Waals surface area contributed by atoms with Gasteiger partial charge >= 0.3 is 6.09 Å². The van der Waals surface area contributed by atoms with Crippen molar-refractivity contribution in [2.45, 2.75) is 65.0 Å². The van der Waals surface area contributed by atoms with E-state index in [2.05, 4.69) is 17.6 Å². The molecule has 1 heterocycles. The van der Waals surface area contributed by atoms with Crippen LogP contribution >= 0.6 is 0 Å². The summed E-state index contributed by atoms with van der Waals surface area (Å²) in [5.41, 5.74) is -0.414. The molecule has 4 nitrogen and oxygen atoms in total. The third-order valence-corrected chi connectivity index (χ3v) is 3.17. The van der Waals surface area contributed by atoms with Crippen LogP contribution in [0, 0.1) is 5.92 Å². The summed E-state index contributed by atoms with van der Waals surface area (Å²) in [6, 6.07) is 0.620. The van der Waals surface area contributed by atoms with Gasteiger partial charge in [-0.25, -0.2) is 4.79 Å². The molecule has 1 rings (SSSR count). The van der Waals surface area contributed by atoms with Gasteiger partial charge in [0, 0.05) is 12.6 Å². The second kappa shape index (κ2) is 6.98. The molecule has 0 saturated carbocycles. The molecule has 1 aliphatic rings. The summed E-state index contributed by atoms with van der Waals surface area (Å²) in [6.45, 7) is 9.66. The first-order chi connectivity index (χ1) is 8.40. The van der Waals surface area contributed by atoms with Crippen LogP contribution < -0.4 is 10.6 Å². The van der Waals surface area contributed by atoms with E-state index in [9.17, 15) is 4.79 Å². The van der Waals surface area contributed by atoms with Crippen LogP contribution in [0.4, 0.5) is 4.79 Å². The Kier molecular flexibility index (Phi) is 5.93. The molecule has 4 heteroatoms. The third kappa shape index (κ3) is 6.24. The topological polar surface area (TPSA) is 50.4 Å². The Bertz CT molecular complexity index is 259. The van der Waals surface area contributed by atoms with Crippen molar-refractivity contribution >= 4 is 6.09 Å². The molecule has 1 aliphatic heterocycles. The van der Waals surface area contributed by atoms with Gasteiger partial charge in [-0.1, -0.05) is 13.3 Å². The van der Waals surface area contributed by atoms with Gasteiger partial charge in [0.15, 0.2) is 0 Å². The number of hydrogen-bond donors (Lipinski definition) is 2. The number of carbonyl (C=O) groups is 1. The quantitative estimate of drug-likeness (QED) is 0.813. The molecule has 2 unspecified atom stereocenters. The highest BCUT2D eigenvalue weighted by atomic mass is 16.6. The van der Waals surface area contributed by atoms with Crippen molar-refractivity contribution < 1.29 is 9.53 Å². The predicted molar refractivity (Wildman–Crippen MR) is 73.7 cm³/mol. The maximum atomic E-state index is 11.6. The second-order valence-electron chi connectivity index (χ2n) is 6.21. The molecule has 1 fully saturated rings. The highest BCUT2D eigenvalue weighted by molar-refractivity contribution is 5.67. The third-order valence-electron chi connectivity index (χ3n) is 3.17. The van der Waals surface area contributed by atoms with Crippen LogP contribution in [0.15, 0.2) is 0 Å². The Labute approximate surface area is 111 Å². The van der Waals surface area contributed by atoms with E-state index in [4.69, 9.17) is 4.74 Å². The van der Waals surface area contributed by atoms with E-state index in [1.54, 1.807) is 0 Å². The Morgan fingerprint density at radius 2 is 2.17 bits per heavy atom. The van der Waals surface area contributed by atoms with Crippen LogP contribution in [0.5, 0.6) is 0 Å². The number of carbonyl (C=O) groups excluding carboxylic acids is 1. The first kappa shape index (κ1) is 15.3. The molecule has 1 amide bonds. The Morgan fingerprint density at radius 1 is 1.44 bits per heavy atom. The second-order valence-corrected chi connectivity index (χ2v) is 6.21. The van der Waals surface area contributed by atoms with E-state index < -0.39 is 5.60 Å². The lowest BCUT2D eigenvalue weighted by Crippen LogP contribution is -2.42. The van der Waals surface area contributed by atoms with Gasteiger partial charge < -0.3 is 15.4 Å². The first-order valence-electron chi connectivity index (χ1n) is 7.11. The summed E-state index contributed by atoms with van der Waals surface area (Å²) in [6.07, 6.45) is 4.43. The molecule has 0 aromatic carbocycles. The van der Waals surface area contributed by atoms with Crippen molar-refractivity contribution in [2.24, 2.45) is 5.92 Å². The summed E-state index contributed by atoms with van der Waals surface area (Å²) in [4.78, 5) is 11.6. The van der Waals surface area contributed by atoms with Gasteiger partial charge in [0.1, 0.15) is 5.60 Å². The Morgan fingerprint density at radius 3 is 2.78 bits per heavy atom. The molecule has 0 spiro atoms. The number of piperidine rings is 1. The molecule has 2 N–H and O–H groups in total. The lowest BCUT2D eigenvalue weighted by Gasteiger charge is -2.30. The number of hydrogen-bond acceptors (Lipinski definition) is 3. The van der Waals surface area contributed by atoms with E-state index in [0.29, 0.717) is 12.0 Å². The average Bonchev–Trinajstić information content (AvgIpc) is 2.25. The molecule has 0 aromatic rings. The number of alkyl carbamates (subject to hydrolysis) is 1. The molecule has 2 atom stereocenters. The van der Waals surface area contributed by atoms with E-state index in [0.717, 1.165) is 25.9 Å². The Balaban J connectivity index is 2.24. The van der Waals surface area contributed by atoms with Crippen molar-refractivity contribution in [1.29, 1.82) is 0 Å². The van der Waals surface area contributed by atoms with Crippen molar-refractivity contribution in [3.05, 3.63) is 0 Å². The smallest absolute Gasteiger partial charge is 0.407 e. The van der Waals surface area contributed by atoms with Crippen molar-refractivity contribution in [2.75, 3.05) is 13.1 Å². The fraction of sp³-hybridized carbons (Fsp3) is 0.929. The van der Waals surface area contributed by atoms with E-state index in [1.165, 1.54) is 12.8 Å². The maximum Gasteiger partial charge on any atom is 0.407 e. The van der Waals surface area contributed by atoms with Crippen LogP contribution in [-0.2, 0) is 4.74 Å². The number of amides is 1. The highest BCUT2D eigenvalue weighted by Gasteiger charge is 2.22. The van der Waals surface area contributed by atoms with Gasteiger partial charge in [0.2, 0.25) is 0 Å². The van der Waals surface area contributed by atoms with E-state index >= 15 is 0 Å². The van der Waals surface area contributed by atoms with Gasteiger partial charge in [0.05, 0.1) is 0 Å². The minimum atomic E-state index is -0.414. The van der Waals surface area contributed by atoms with Crippen LogP contribution in [0.3, 0.4) is 0 Å². The molecule has 0 aromatic heterocycles.